The van der Waals surface area contributed by atoms with E-state index in [0.29, 0.717) is 23.8 Å². The van der Waals surface area contributed by atoms with Crippen molar-refractivity contribution in [3.8, 4) is 0 Å². The molecule has 0 radical (unpaired) electrons. The van der Waals surface area contributed by atoms with Crippen LogP contribution in [0.5, 0.6) is 0 Å². The van der Waals surface area contributed by atoms with Gasteiger partial charge in [0.2, 0.25) is 6.29 Å². The number of carbonyl (C=O) groups excluding carboxylic acids is 1. The van der Waals surface area contributed by atoms with Crippen molar-refractivity contribution in [3.05, 3.63) is 82.1 Å². The first-order chi connectivity index (χ1) is 14.1. The van der Waals surface area contributed by atoms with Gasteiger partial charge in [-0.3, -0.25) is 4.79 Å². The van der Waals surface area contributed by atoms with Crippen LogP contribution in [0.15, 0.2) is 60.4 Å². The second kappa shape index (κ2) is 8.99. The van der Waals surface area contributed by atoms with Crippen molar-refractivity contribution < 1.29 is 19.4 Å². The molecule has 6 heteroatoms. The van der Waals surface area contributed by atoms with Gasteiger partial charge in [0.1, 0.15) is 0 Å². The number of benzene rings is 2. The van der Waals surface area contributed by atoms with Crippen molar-refractivity contribution in [3.63, 3.8) is 0 Å². The molecular formula is C23H24ClNO4. The normalized spacial score (nSPS) is 21.2. The molecule has 0 spiro atoms. The first-order valence-electron chi connectivity index (χ1n) is 9.86. The van der Waals surface area contributed by atoms with Gasteiger partial charge in [0.05, 0.1) is 13.2 Å². The predicted molar refractivity (Wildman–Crippen MR) is 110 cm³/mol. The Balaban J connectivity index is 1.47. The van der Waals surface area contributed by atoms with Crippen molar-refractivity contribution in [1.82, 2.24) is 5.32 Å². The molecule has 0 saturated heterocycles. The lowest BCUT2D eigenvalue weighted by Gasteiger charge is -2.29. The highest BCUT2D eigenvalue weighted by Crippen LogP contribution is 2.33. The lowest BCUT2D eigenvalue weighted by Crippen LogP contribution is -2.33. The number of hydrogen-bond donors (Lipinski definition) is 2. The smallest absolute Gasteiger partial charge is 0.286 e. The van der Waals surface area contributed by atoms with Crippen LogP contribution in [0.4, 0.5) is 0 Å². The number of aliphatic hydroxyl groups excluding tert-OH is 1. The number of carbonyl (C=O) groups is 1. The van der Waals surface area contributed by atoms with Crippen molar-refractivity contribution >= 4 is 17.5 Å². The molecule has 4 rings (SSSR count). The molecule has 2 aliphatic rings. The summed E-state index contributed by atoms with van der Waals surface area (Å²) in [6.07, 6.45) is 3.98. The molecule has 1 saturated carbocycles. The molecule has 2 aromatic rings. The maximum Gasteiger partial charge on any atom is 0.286 e. The second-order valence-corrected chi connectivity index (χ2v) is 7.94. The minimum Gasteiger partial charge on any atom is -0.459 e. The summed E-state index contributed by atoms with van der Waals surface area (Å²) < 4.78 is 11.9. The third kappa shape index (κ3) is 5.38. The summed E-state index contributed by atoms with van der Waals surface area (Å²) in [6, 6.07) is 15.5. The molecule has 1 fully saturated rings. The molecule has 0 bridgehead atoms. The minimum absolute atomic E-state index is 0.00253. The molecule has 29 heavy (non-hydrogen) atoms. The third-order valence-corrected chi connectivity index (χ3v) is 5.39. The van der Waals surface area contributed by atoms with Crippen molar-refractivity contribution in [1.29, 1.82) is 0 Å². The molecule has 0 unspecified atom stereocenters. The largest absolute Gasteiger partial charge is 0.459 e. The first-order valence-corrected chi connectivity index (χ1v) is 10.2. The van der Waals surface area contributed by atoms with Crippen molar-refractivity contribution in [2.45, 2.75) is 50.7 Å². The molecule has 0 aromatic heterocycles. The zero-order valence-corrected chi connectivity index (χ0v) is 16.8. The van der Waals surface area contributed by atoms with Gasteiger partial charge < -0.3 is 19.9 Å². The summed E-state index contributed by atoms with van der Waals surface area (Å²) in [7, 11) is 0. The van der Waals surface area contributed by atoms with E-state index in [4.69, 9.17) is 26.2 Å². The maximum atomic E-state index is 12.6. The van der Waals surface area contributed by atoms with Crippen molar-refractivity contribution in [2.75, 3.05) is 0 Å². The fourth-order valence-corrected chi connectivity index (χ4v) is 3.40. The average molecular weight is 414 g/mol. The molecule has 1 heterocycles. The Labute approximate surface area is 175 Å². The van der Waals surface area contributed by atoms with Gasteiger partial charge in [-0.15, -0.1) is 0 Å². The van der Waals surface area contributed by atoms with Gasteiger partial charge in [-0.05, 0) is 47.7 Å². The van der Waals surface area contributed by atoms with Gasteiger partial charge in [-0.1, -0.05) is 48.0 Å². The zero-order chi connectivity index (χ0) is 20.2. The molecule has 2 aromatic carbocycles. The molecule has 5 nitrogen and oxygen atoms in total. The number of hydrogen-bond acceptors (Lipinski definition) is 4. The van der Waals surface area contributed by atoms with Crippen LogP contribution in [0.2, 0.25) is 5.02 Å². The Morgan fingerprint density at radius 1 is 1.10 bits per heavy atom. The van der Waals surface area contributed by atoms with Crippen LogP contribution in [0.3, 0.4) is 0 Å². The highest BCUT2D eigenvalue weighted by Gasteiger charge is 2.31. The van der Waals surface area contributed by atoms with Crippen LogP contribution in [0.25, 0.3) is 0 Å². The van der Waals surface area contributed by atoms with Gasteiger partial charge >= 0.3 is 0 Å². The summed E-state index contributed by atoms with van der Waals surface area (Å²) in [6.45, 7) is 0.376. The number of nitrogens with one attached hydrogen (secondary N) is 1. The van der Waals surface area contributed by atoms with Crippen molar-refractivity contribution in [2.24, 2.45) is 0 Å². The van der Waals surface area contributed by atoms with Gasteiger partial charge in [-0.2, -0.15) is 0 Å². The summed E-state index contributed by atoms with van der Waals surface area (Å²) >= 11 is 6.02. The molecule has 152 valence electrons. The standard InChI is InChI=1S/C23H24ClNO4/c24-19-7-5-17(6-8-19)18-11-21(23(27)25-20-9-10-20)29-22(12-18)28-14-16-3-1-15(13-26)2-4-16/h1-8,11,18,20,22,26H,9-10,12-14H2,(H,25,27)/t18-,22+/m0/s1. The quantitative estimate of drug-likeness (QED) is 0.718. The van der Waals surface area contributed by atoms with E-state index >= 15 is 0 Å². The fourth-order valence-electron chi connectivity index (χ4n) is 3.27. The van der Waals surface area contributed by atoms with E-state index in [2.05, 4.69) is 5.32 Å². The molecule has 1 aliphatic heterocycles. The Kier molecular flexibility index (Phi) is 6.19. The Morgan fingerprint density at radius 3 is 2.45 bits per heavy atom. The summed E-state index contributed by atoms with van der Waals surface area (Å²) in [4.78, 5) is 12.6. The molecule has 1 aliphatic carbocycles. The van der Waals surface area contributed by atoms with Crippen LogP contribution >= 0.6 is 11.6 Å². The Hall–Kier alpha value is -2.34. The number of rotatable bonds is 7. The van der Waals surface area contributed by atoms with Crippen LogP contribution in [0.1, 0.15) is 41.9 Å². The highest BCUT2D eigenvalue weighted by molar-refractivity contribution is 6.30. The summed E-state index contributed by atoms with van der Waals surface area (Å²) in [5.74, 6) is 0.124. The summed E-state index contributed by atoms with van der Waals surface area (Å²) in [5, 5.41) is 12.8. The number of halogens is 1. The number of allylic oxidation sites excluding steroid dienone is 1. The first kappa shape index (κ1) is 20.0. The fraction of sp³-hybridized carbons (Fsp3) is 0.348. The Bertz CT molecular complexity index is 875. The van der Waals surface area contributed by atoms with Gasteiger partial charge in [0.25, 0.3) is 5.91 Å². The highest BCUT2D eigenvalue weighted by atomic mass is 35.5. The molecular weight excluding hydrogens is 390 g/mol. The van der Waals surface area contributed by atoms with Crippen LogP contribution in [-0.2, 0) is 27.5 Å². The van der Waals surface area contributed by atoms with E-state index in [1.807, 2.05) is 54.6 Å². The topological polar surface area (TPSA) is 67.8 Å². The van der Waals surface area contributed by atoms with E-state index < -0.39 is 6.29 Å². The Morgan fingerprint density at radius 2 is 1.79 bits per heavy atom. The van der Waals surface area contributed by atoms with E-state index in [-0.39, 0.29) is 24.5 Å². The lowest BCUT2D eigenvalue weighted by molar-refractivity contribution is -0.150. The monoisotopic (exact) mass is 413 g/mol. The van der Waals surface area contributed by atoms with E-state index in [9.17, 15) is 4.79 Å². The number of ether oxygens (including phenoxy) is 2. The van der Waals surface area contributed by atoms with Crippen LogP contribution < -0.4 is 5.32 Å². The van der Waals surface area contributed by atoms with E-state index in [0.717, 1.165) is 29.5 Å². The van der Waals surface area contributed by atoms with Gasteiger partial charge in [0, 0.05) is 23.4 Å². The van der Waals surface area contributed by atoms with Crippen LogP contribution in [-0.4, -0.2) is 23.3 Å². The maximum absolute atomic E-state index is 12.6. The predicted octanol–water partition coefficient (Wildman–Crippen LogP) is 4.04. The van der Waals surface area contributed by atoms with Crippen LogP contribution in [0, 0.1) is 0 Å². The van der Waals surface area contributed by atoms with E-state index in [1.165, 1.54) is 0 Å². The minimum atomic E-state index is -0.529. The SMILES string of the molecule is O=C(NC1CC1)C1=C[C@H](c2ccc(Cl)cc2)C[C@H](OCc2ccc(CO)cc2)O1. The molecule has 1 amide bonds. The molecule has 2 N–H and O–H groups in total. The van der Waals surface area contributed by atoms with Gasteiger partial charge in [0.15, 0.2) is 5.76 Å². The third-order valence-electron chi connectivity index (χ3n) is 5.13. The number of amides is 1. The molecule has 2 atom stereocenters. The number of aliphatic hydroxyl groups is 1. The average Bonchev–Trinajstić information content (AvgIpc) is 3.57. The zero-order valence-electron chi connectivity index (χ0n) is 16.0. The second-order valence-electron chi connectivity index (χ2n) is 7.51. The van der Waals surface area contributed by atoms with E-state index in [1.54, 1.807) is 0 Å². The summed E-state index contributed by atoms with van der Waals surface area (Å²) in [5.41, 5.74) is 2.90. The van der Waals surface area contributed by atoms with Gasteiger partial charge in [-0.25, -0.2) is 0 Å². The lowest BCUT2D eigenvalue weighted by atomic mass is 9.93.